The number of ether oxygens (including phenoxy) is 1. The highest BCUT2D eigenvalue weighted by molar-refractivity contribution is 5.92. The lowest BCUT2D eigenvalue weighted by atomic mass is 9.35. The molecule has 5 N–H and O–H groups in total. The molecular weight excluding hydrogens is 432 g/mol. The van der Waals surface area contributed by atoms with Crippen LogP contribution in [0.3, 0.4) is 0 Å². The third kappa shape index (κ3) is 2.49. The first-order chi connectivity index (χ1) is 16.2. The summed E-state index contributed by atoms with van der Waals surface area (Å²) in [4.78, 5) is 19.2. The Hall–Kier alpha value is -1.90. The van der Waals surface area contributed by atoms with E-state index in [1.807, 2.05) is 14.0 Å². The number of carboxylic acids is 1. The van der Waals surface area contributed by atoms with E-state index in [-0.39, 0.29) is 34.8 Å². The second-order valence-electron chi connectivity index (χ2n) is 11.2. The van der Waals surface area contributed by atoms with Crippen molar-refractivity contribution in [2.24, 2.45) is 44.7 Å². The first-order valence-corrected chi connectivity index (χ1v) is 12.8. The van der Waals surface area contributed by atoms with E-state index in [0.717, 1.165) is 44.2 Å². The van der Waals surface area contributed by atoms with Gasteiger partial charge < -0.3 is 30.9 Å². The average molecular weight is 473 g/mol. The molecule has 34 heavy (non-hydrogen) atoms. The van der Waals surface area contributed by atoms with Gasteiger partial charge in [0.1, 0.15) is 5.60 Å². The van der Waals surface area contributed by atoms with Gasteiger partial charge in [-0.25, -0.2) is 4.79 Å². The zero-order valence-electron chi connectivity index (χ0n) is 20.9. The number of hydrogen-bond acceptors (Lipinski definition) is 5. The number of nitrogens with one attached hydrogen (secondary N) is 1. The van der Waals surface area contributed by atoms with Crippen LogP contribution in [0.25, 0.3) is 0 Å². The van der Waals surface area contributed by atoms with Crippen molar-refractivity contribution in [1.82, 2.24) is 10.2 Å². The predicted molar refractivity (Wildman–Crippen MR) is 130 cm³/mol. The van der Waals surface area contributed by atoms with Crippen LogP contribution in [0.5, 0.6) is 0 Å². The van der Waals surface area contributed by atoms with E-state index in [1.54, 1.807) is 7.05 Å². The number of allylic oxidation sites excluding steroid dienone is 1. The van der Waals surface area contributed by atoms with Crippen LogP contribution in [0.2, 0.25) is 0 Å². The maximum Gasteiger partial charge on any atom is 0.334 e. The van der Waals surface area contributed by atoms with Gasteiger partial charge in [-0.2, -0.15) is 0 Å². The predicted octanol–water partition coefficient (Wildman–Crippen LogP) is 1.96. The standard InChI is InChI=1S/C26H40N4O4/c1-5-34-15-24(33)19-8-9-23(13-28-3)10-11-30(22(27)29-4)14-25(23)17-7-6-16(2)26(19,25)18(12-17)20(24)21(31)32/h10-11,16-17,19,28,33H,5-9,12-15H2,1-4H3,(H2,27,29)(H,31,32). The minimum atomic E-state index is -1.48. The molecule has 3 saturated carbocycles. The fourth-order valence-corrected chi connectivity index (χ4v) is 9.71. The zero-order chi connectivity index (χ0) is 24.5. The van der Waals surface area contributed by atoms with E-state index in [0.29, 0.717) is 25.0 Å². The quantitative estimate of drug-likeness (QED) is 0.344. The fraction of sp³-hybridized carbons (Fsp3) is 0.769. The summed E-state index contributed by atoms with van der Waals surface area (Å²) < 4.78 is 5.79. The molecule has 8 heteroatoms. The Kier molecular flexibility index (Phi) is 5.47. The monoisotopic (exact) mass is 472 g/mol. The normalized spacial score (nSPS) is 44.9. The smallest absolute Gasteiger partial charge is 0.334 e. The molecule has 0 radical (unpaired) electrons. The van der Waals surface area contributed by atoms with Gasteiger partial charge in [0.05, 0.1) is 12.2 Å². The fourth-order valence-electron chi connectivity index (χ4n) is 9.71. The van der Waals surface area contributed by atoms with Crippen LogP contribution in [0.1, 0.15) is 46.0 Å². The van der Waals surface area contributed by atoms with Gasteiger partial charge in [-0.3, -0.25) is 4.99 Å². The average Bonchev–Trinajstić information content (AvgIpc) is 3.15. The van der Waals surface area contributed by atoms with Gasteiger partial charge in [-0.15, -0.1) is 0 Å². The molecular formula is C26H40N4O4. The van der Waals surface area contributed by atoms with Gasteiger partial charge in [0.15, 0.2) is 5.96 Å². The van der Waals surface area contributed by atoms with Crippen molar-refractivity contribution in [3.8, 4) is 0 Å². The molecule has 0 aromatic heterocycles. The summed E-state index contributed by atoms with van der Waals surface area (Å²) in [6, 6.07) is 0. The first-order valence-electron chi connectivity index (χ1n) is 12.8. The van der Waals surface area contributed by atoms with Gasteiger partial charge in [-0.1, -0.05) is 13.0 Å². The molecule has 5 rings (SSSR count). The molecule has 8 nitrogen and oxygen atoms in total. The van der Waals surface area contributed by atoms with Gasteiger partial charge in [-0.05, 0) is 63.5 Å². The van der Waals surface area contributed by atoms with Crippen molar-refractivity contribution < 1.29 is 19.7 Å². The van der Waals surface area contributed by atoms with Crippen molar-refractivity contribution in [3.05, 3.63) is 23.4 Å². The Morgan fingerprint density at radius 1 is 1.38 bits per heavy atom. The second-order valence-corrected chi connectivity index (χ2v) is 11.2. The maximum atomic E-state index is 12.8. The SMILES string of the molecule is CCOCC1(O)C(C(=O)O)=C2CC3CCC(C)C24C1CCC1(CNC)C=CN(C(N)=NC)CC314. The number of guanidine groups is 1. The third-order valence-electron chi connectivity index (χ3n) is 10.5. The van der Waals surface area contributed by atoms with E-state index in [2.05, 4.69) is 34.4 Å². The number of carboxylic acid groups (broad SMARTS) is 1. The number of nitrogens with zero attached hydrogens (tertiary/aromatic N) is 2. The lowest BCUT2D eigenvalue weighted by Crippen LogP contribution is -2.72. The molecule has 7 unspecified atom stereocenters. The molecule has 7 atom stereocenters. The maximum absolute atomic E-state index is 12.8. The largest absolute Gasteiger partial charge is 0.478 e. The minimum Gasteiger partial charge on any atom is -0.478 e. The van der Waals surface area contributed by atoms with Crippen molar-refractivity contribution in [2.45, 2.75) is 51.6 Å². The van der Waals surface area contributed by atoms with Gasteiger partial charge in [0.25, 0.3) is 0 Å². The molecule has 0 aromatic carbocycles. The minimum absolute atomic E-state index is 0.0334. The van der Waals surface area contributed by atoms with E-state index in [1.165, 1.54) is 0 Å². The van der Waals surface area contributed by atoms with Crippen LogP contribution in [0, 0.1) is 34.0 Å². The number of carbonyl (C=O) groups is 1. The zero-order valence-corrected chi connectivity index (χ0v) is 20.9. The summed E-state index contributed by atoms with van der Waals surface area (Å²) in [5.41, 5.74) is 5.28. The molecule has 0 saturated heterocycles. The molecule has 188 valence electrons. The van der Waals surface area contributed by atoms with E-state index in [9.17, 15) is 15.0 Å². The number of hydrogen-bond donors (Lipinski definition) is 4. The number of aliphatic carboxylic acids is 1. The Morgan fingerprint density at radius 3 is 2.79 bits per heavy atom. The molecule has 2 bridgehead atoms. The van der Waals surface area contributed by atoms with Crippen molar-refractivity contribution in [3.63, 3.8) is 0 Å². The Morgan fingerprint density at radius 2 is 2.15 bits per heavy atom. The summed E-state index contributed by atoms with van der Waals surface area (Å²) in [5, 5.41) is 26.2. The van der Waals surface area contributed by atoms with Crippen molar-refractivity contribution in [1.29, 1.82) is 0 Å². The van der Waals surface area contributed by atoms with Crippen LogP contribution in [-0.4, -0.2) is 73.0 Å². The molecule has 2 spiro atoms. The molecule has 3 fully saturated rings. The van der Waals surface area contributed by atoms with E-state index >= 15 is 0 Å². The molecule has 5 aliphatic rings. The van der Waals surface area contributed by atoms with Crippen LogP contribution in [0.15, 0.2) is 28.4 Å². The molecule has 4 aliphatic carbocycles. The highest BCUT2D eigenvalue weighted by Gasteiger charge is 2.82. The highest BCUT2D eigenvalue weighted by atomic mass is 16.5. The Balaban J connectivity index is 1.82. The lowest BCUT2D eigenvalue weighted by Gasteiger charge is -2.70. The first kappa shape index (κ1) is 23.8. The van der Waals surface area contributed by atoms with Gasteiger partial charge in [0.2, 0.25) is 0 Å². The third-order valence-corrected chi connectivity index (χ3v) is 10.5. The molecule has 0 aromatic rings. The van der Waals surface area contributed by atoms with Gasteiger partial charge >= 0.3 is 5.97 Å². The molecule has 1 heterocycles. The van der Waals surface area contributed by atoms with E-state index in [4.69, 9.17) is 10.5 Å². The van der Waals surface area contributed by atoms with Crippen molar-refractivity contribution >= 4 is 11.9 Å². The lowest BCUT2D eigenvalue weighted by molar-refractivity contribution is -0.218. The number of aliphatic hydroxyl groups is 1. The van der Waals surface area contributed by atoms with Crippen molar-refractivity contribution in [2.75, 3.05) is 40.4 Å². The van der Waals surface area contributed by atoms with Crippen LogP contribution >= 0.6 is 0 Å². The second kappa shape index (κ2) is 7.80. The molecule has 0 amide bonds. The van der Waals surface area contributed by atoms with Crippen LogP contribution in [-0.2, 0) is 9.53 Å². The van der Waals surface area contributed by atoms with Gasteiger partial charge in [0, 0.05) is 55.1 Å². The Bertz CT molecular complexity index is 978. The summed E-state index contributed by atoms with van der Waals surface area (Å²) in [5.74, 6) is -0.121. The number of aliphatic imine (C=N–C) groups is 1. The van der Waals surface area contributed by atoms with Crippen LogP contribution in [0.4, 0.5) is 0 Å². The topological polar surface area (TPSA) is 120 Å². The summed E-state index contributed by atoms with van der Waals surface area (Å²) >= 11 is 0. The highest BCUT2D eigenvalue weighted by Crippen LogP contribution is 2.84. The summed E-state index contributed by atoms with van der Waals surface area (Å²) in [6.45, 7) is 6.17. The number of nitrogens with two attached hydrogens (primary N) is 1. The van der Waals surface area contributed by atoms with Crippen LogP contribution < -0.4 is 11.1 Å². The Labute approximate surface area is 202 Å². The summed E-state index contributed by atoms with van der Waals surface area (Å²) in [7, 11) is 3.71. The summed E-state index contributed by atoms with van der Waals surface area (Å²) in [6.07, 6.45) is 8.92. The van der Waals surface area contributed by atoms with E-state index < -0.39 is 17.0 Å². The number of rotatable bonds is 6. The molecule has 1 aliphatic heterocycles.